The summed E-state index contributed by atoms with van der Waals surface area (Å²) in [6.07, 6.45) is 3.42. The number of hydrogen-bond acceptors (Lipinski definition) is 2. The Morgan fingerprint density at radius 1 is 0.880 bits per heavy atom. The first-order chi connectivity index (χ1) is 12.3. The molecule has 0 fully saturated rings. The van der Waals surface area contributed by atoms with Crippen LogP contribution in [0.3, 0.4) is 0 Å². The second-order valence-corrected chi connectivity index (χ2v) is 6.55. The molecule has 0 bridgehead atoms. The van der Waals surface area contributed by atoms with Gasteiger partial charge in [0.2, 0.25) is 0 Å². The van der Waals surface area contributed by atoms with Crippen LogP contribution in [-0.4, -0.2) is 0 Å². The molecule has 2 atom stereocenters. The van der Waals surface area contributed by atoms with Crippen LogP contribution in [0.2, 0.25) is 0 Å². The summed E-state index contributed by atoms with van der Waals surface area (Å²) >= 11 is 0. The molecule has 130 valence electrons. The summed E-state index contributed by atoms with van der Waals surface area (Å²) in [6, 6.07) is 25.6. The maximum Gasteiger partial charge on any atom is 0.102 e. The third kappa shape index (κ3) is 4.47. The number of unbranched alkanes of at least 4 members (excludes halogenated alkanes) is 1. The normalized spacial score (nSPS) is 13.7. The minimum Gasteiger partial charge on any atom is -0.293 e. The number of hydroxylamine groups is 1. The van der Waals surface area contributed by atoms with Gasteiger partial charge in [0.05, 0.1) is 6.04 Å². The monoisotopic (exact) mass is 333 g/mol. The lowest BCUT2D eigenvalue weighted by Crippen LogP contribution is -2.23. The van der Waals surface area contributed by atoms with E-state index < -0.39 is 0 Å². The van der Waals surface area contributed by atoms with Gasteiger partial charge in [-0.1, -0.05) is 92.6 Å². The molecule has 0 heterocycles. The Balaban J connectivity index is 1.73. The van der Waals surface area contributed by atoms with Crippen LogP contribution in [0.25, 0.3) is 10.8 Å². The van der Waals surface area contributed by atoms with Crippen LogP contribution in [0.15, 0.2) is 72.8 Å². The number of nitrogens with one attached hydrogen (secondary N) is 1. The van der Waals surface area contributed by atoms with E-state index in [0.29, 0.717) is 0 Å². The van der Waals surface area contributed by atoms with Crippen molar-refractivity contribution in [2.24, 2.45) is 0 Å². The smallest absolute Gasteiger partial charge is 0.102 e. The highest BCUT2D eigenvalue weighted by molar-refractivity contribution is 5.85. The Morgan fingerprint density at radius 3 is 2.40 bits per heavy atom. The quantitative estimate of drug-likeness (QED) is 0.485. The third-order valence-corrected chi connectivity index (χ3v) is 4.70. The molecule has 2 heteroatoms. The second-order valence-electron chi connectivity index (χ2n) is 6.55. The first-order valence-electron chi connectivity index (χ1n) is 9.23. The van der Waals surface area contributed by atoms with Gasteiger partial charge in [-0.3, -0.25) is 4.84 Å². The van der Waals surface area contributed by atoms with Crippen LogP contribution in [0.1, 0.15) is 56.4 Å². The lowest BCUT2D eigenvalue weighted by atomic mass is 10.0. The summed E-state index contributed by atoms with van der Waals surface area (Å²) in [4.78, 5) is 6.10. The molecule has 0 aromatic heterocycles. The summed E-state index contributed by atoms with van der Waals surface area (Å²) < 4.78 is 0. The van der Waals surface area contributed by atoms with Crippen LogP contribution >= 0.6 is 0 Å². The standard InChI is InChI=1S/C23H27NO/c1-3-4-17-23(20-12-6-5-7-13-20)24-25-18(2)21-16-10-14-19-11-8-9-15-22(19)21/h5-16,18,23-24H,3-4,17H2,1-2H3. The van der Waals surface area contributed by atoms with Crippen molar-refractivity contribution in [2.45, 2.75) is 45.3 Å². The van der Waals surface area contributed by atoms with Crippen molar-refractivity contribution in [1.82, 2.24) is 5.48 Å². The predicted molar refractivity (Wildman–Crippen MR) is 105 cm³/mol. The van der Waals surface area contributed by atoms with Crippen LogP contribution in [0, 0.1) is 0 Å². The molecule has 0 radical (unpaired) electrons. The molecule has 0 aliphatic rings. The summed E-state index contributed by atoms with van der Waals surface area (Å²) in [5, 5.41) is 2.50. The van der Waals surface area contributed by atoms with Gasteiger partial charge in [-0.25, -0.2) is 0 Å². The molecule has 0 spiro atoms. The van der Waals surface area contributed by atoms with Crippen molar-refractivity contribution in [2.75, 3.05) is 0 Å². The average molecular weight is 333 g/mol. The third-order valence-electron chi connectivity index (χ3n) is 4.70. The van der Waals surface area contributed by atoms with Crippen molar-refractivity contribution in [3.63, 3.8) is 0 Å². The van der Waals surface area contributed by atoms with E-state index in [-0.39, 0.29) is 12.1 Å². The molecular formula is C23H27NO. The molecule has 0 aliphatic carbocycles. The zero-order valence-corrected chi connectivity index (χ0v) is 15.1. The van der Waals surface area contributed by atoms with Gasteiger partial charge >= 0.3 is 0 Å². The molecule has 3 aromatic rings. The highest BCUT2D eigenvalue weighted by atomic mass is 16.7. The Kier molecular flexibility index (Phi) is 6.21. The van der Waals surface area contributed by atoms with Crippen LogP contribution in [-0.2, 0) is 4.84 Å². The first kappa shape index (κ1) is 17.7. The van der Waals surface area contributed by atoms with Crippen molar-refractivity contribution < 1.29 is 4.84 Å². The van der Waals surface area contributed by atoms with Gasteiger partial charge in [0.15, 0.2) is 0 Å². The molecule has 2 unspecified atom stereocenters. The fourth-order valence-electron chi connectivity index (χ4n) is 3.24. The van der Waals surface area contributed by atoms with Gasteiger partial charge in [-0.15, -0.1) is 0 Å². The topological polar surface area (TPSA) is 21.3 Å². The second kappa shape index (κ2) is 8.80. The van der Waals surface area contributed by atoms with E-state index in [1.807, 2.05) is 0 Å². The average Bonchev–Trinajstić information content (AvgIpc) is 2.68. The molecule has 3 aromatic carbocycles. The van der Waals surface area contributed by atoms with Crippen molar-refractivity contribution >= 4 is 10.8 Å². The van der Waals surface area contributed by atoms with Gasteiger partial charge in [0.1, 0.15) is 6.10 Å². The number of hydrogen-bond donors (Lipinski definition) is 1. The molecule has 2 nitrogen and oxygen atoms in total. The van der Waals surface area contributed by atoms with E-state index in [1.165, 1.54) is 34.7 Å². The van der Waals surface area contributed by atoms with E-state index >= 15 is 0 Å². The Morgan fingerprint density at radius 2 is 1.60 bits per heavy atom. The van der Waals surface area contributed by atoms with Crippen molar-refractivity contribution in [3.8, 4) is 0 Å². The molecule has 1 N–H and O–H groups in total. The minimum atomic E-state index is -0.0149. The maximum absolute atomic E-state index is 6.10. The van der Waals surface area contributed by atoms with Gasteiger partial charge in [-0.2, -0.15) is 5.48 Å². The molecule has 3 rings (SSSR count). The number of rotatable bonds is 8. The first-order valence-corrected chi connectivity index (χ1v) is 9.23. The fourth-order valence-corrected chi connectivity index (χ4v) is 3.24. The van der Waals surface area contributed by atoms with Crippen LogP contribution in [0.4, 0.5) is 0 Å². The fraction of sp³-hybridized carbons (Fsp3) is 0.304. The molecule has 0 amide bonds. The molecule has 25 heavy (non-hydrogen) atoms. The predicted octanol–water partition coefficient (Wildman–Crippen LogP) is 6.35. The van der Waals surface area contributed by atoms with Crippen LogP contribution in [0.5, 0.6) is 0 Å². The van der Waals surface area contributed by atoms with Crippen molar-refractivity contribution in [1.29, 1.82) is 0 Å². The van der Waals surface area contributed by atoms with Gasteiger partial charge in [0, 0.05) is 0 Å². The zero-order chi connectivity index (χ0) is 17.5. The van der Waals surface area contributed by atoms with E-state index in [4.69, 9.17) is 4.84 Å². The Bertz CT molecular complexity index is 779. The lowest BCUT2D eigenvalue weighted by molar-refractivity contribution is -0.0386. The van der Waals surface area contributed by atoms with E-state index in [1.54, 1.807) is 0 Å². The Labute approximate surface area is 150 Å². The SMILES string of the molecule is CCCCC(NOC(C)c1cccc2ccccc12)c1ccccc1. The highest BCUT2D eigenvalue weighted by Gasteiger charge is 2.15. The maximum atomic E-state index is 6.10. The number of benzene rings is 3. The Hall–Kier alpha value is -2.16. The van der Waals surface area contributed by atoms with Crippen molar-refractivity contribution in [3.05, 3.63) is 83.9 Å². The lowest BCUT2D eigenvalue weighted by Gasteiger charge is -2.22. The van der Waals surface area contributed by atoms with E-state index in [2.05, 4.69) is 92.1 Å². The van der Waals surface area contributed by atoms with Gasteiger partial charge in [0.25, 0.3) is 0 Å². The minimum absolute atomic E-state index is 0.0149. The molecular weight excluding hydrogens is 306 g/mol. The van der Waals surface area contributed by atoms with E-state index in [9.17, 15) is 0 Å². The molecule has 0 aliphatic heterocycles. The largest absolute Gasteiger partial charge is 0.293 e. The highest BCUT2D eigenvalue weighted by Crippen LogP contribution is 2.27. The van der Waals surface area contributed by atoms with Gasteiger partial charge < -0.3 is 0 Å². The number of fused-ring (bicyclic) bond motifs is 1. The summed E-state index contributed by atoms with van der Waals surface area (Å²) in [5.41, 5.74) is 5.83. The molecule has 0 saturated carbocycles. The summed E-state index contributed by atoms with van der Waals surface area (Å²) in [7, 11) is 0. The van der Waals surface area contributed by atoms with Crippen LogP contribution < -0.4 is 5.48 Å². The zero-order valence-electron chi connectivity index (χ0n) is 15.1. The summed E-state index contributed by atoms with van der Waals surface area (Å²) in [6.45, 7) is 4.33. The van der Waals surface area contributed by atoms with E-state index in [0.717, 1.165) is 6.42 Å². The summed E-state index contributed by atoms with van der Waals surface area (Å²) in [5.74, 6) is 0. The van der Waals surface area contributed by atoms with Gasteiger partial charge in [-0.05, 0) is 35.2 Å². The molecule has 0 saturated heterocycles.